The Balaban J connectivity index is 1.97. The third-order valence-electron chi connectivity index (χ3n) is 4.31. The van der Waals surface area contributed by atoms with Crippen molar-refractivity contribution in [1.29, 1.82) is 0 Å². The van der Waals surface area contributed by atoms with Gasteiger partial charge in [-0.1, -0.05) is 36.4 Å². The highest BCUT2D eigenvalue weighted by Gasteiger charge is 2.30. The van der Waals surface area contributed by atoms with Crippen molar-refractivity contribution < 1.29 is 26.3 Å². The number of benzene rings is 3. The zero-order valence-electron chi connectivity index (χ0n) is 14.1. The molecule has 0 N–H and O–H groups in total. The van der Waals surface area contributed by atoms with Crippen LogP contribution in [0.1, 0.15) is 16.7 Å². The fourth-order valence-corrected chi connectivity index (χ4v) is 2.80. The molecule has 0 aliphatic rings. The Morgan fingerprint density at radius 2 is 0.926 bits per heavy atom. The Labute approximate surface area is 152 Å². The minimum atomic E-state index is -4.41. The normalized spacial score (nSPS) is 12.3. The Morgan fingerprint density at radius 1 is 0.519 bits per heavy atom. The minimum absolute atomic E-state index is 0.594. The quantitative estimate of drug-likeness (QED) is 0.407. The smallest absolute Gasteiger partial charge is 0.166 e. The highest BCUT2D eigenvalue weighted by molar-refractivity contribution is 5.75. The molecule has 0 aromatic heterocycles. The molecule has 0 aliphatic heterocycles. The number of hydrogen-bond donors (Lipinski definition) is 0. The van der Waals surface area contributed by atoms with Crippen LogP contribution in [0.4, 0.5) is 26.3 Å². The van der Waals surface area contributed by atoms with Crippen molar-refractivity contribution >= 4 is 0 Å². The summed E-state index contributed by atoms with van der Waals surface area (Å²) in [6.45, 7) is 1.82. The molecular formula is C21H14F6. The lowest BCUT2D eigenvalue weighted by molar-refractivity contribution is -0.138. The first-order valence-corrected chi connectivity index (χ1v) is 8.01. The molecule has 6 heteroatoms. The lowest BCUT2D eigenvalue weighted by Crippen LogP contribution is -2.04. The highest BCUT2D eigenvalue weighted by atomic mass is 19.4. The van der Waals surface area contributed by atoms with Crippen LogP contribution in [0.2, 0.25) is 0 Å². The van der Waals surface area contributed by atoms with Gasteiger partial charge >= 0.3 is 12.4 Å². The monoisotopic (exact) mass is 380 g/mol. The second-order valence-corrected chi connectivity index (χ2v) is 6.18. The van der Waals surface area contributed by atoms with E-state index in [2.05, 4.69) is 0 Å². The third-order valence-corrected chi connectivity index (χ3v) is 4.31. The number of aryl methyl sites for hydroxylation is 1. The average Bonchev–Trinajstić information content (AvgIpc) is 2.61. The third kappa shape index (κ3) is 4.15. The molecule has 0 saturated heterocycles. The lowest BCUT2D eigenvalue weighted by atomic mass is 9.94. The van der Waals surface area contributed by atoms with E-state index in [9.17, 15) is 26.3 Å². The van der Waals surface area contributed by atoms with Gasteiger partial charge in [0.05, 0.1) is 11.1 Å². The van der Waals surface area contributed by atoms with Crippen molar-refractivity contribution in [3.63, 3.8) is 0 Å². The Bertz CT molecular complexity index is 932. The fourth-order valence-electron chi connectivity index (χ4n) is 2.80. The molecule has 0 aliphatic carbocycles. The van der Waals surface area contributed by atoms with Gasteiger partial charge in [0.25, 0.3) is 0 Å². The molecule has 0 spiro atoms. The molecule has 0 saturated carbocycles. The van der Waals surface area contributed by atoms with Gasteiger partial charge in [-0.2, -0.15) is 26.3 Å². The van der Waals surface area contributed by atoms with Crippen LogP contribution in [-0.4, -0.2) is 0 Å². The number of hydrogen-bond acceptors (Lipinski definition) is 0. The molecule has 0 fully saturated rings. The van der Waals surface area contributed by atoms with Crippen LogP contribution in [0, 0.1) is 6.92 Å². The van der Waals surface area contributed by atoms with Gasteiger partial charge in [-0.05, 0) is 65.1 Å². The highest BCUT2D eigenvalue weighted by Crippen LogP contribution is 2.35. The largest absolute Gasteiger partial charge is 0.416 e. The minimum Gasteiger partial charge on any atom is -0.166 e. The summed E-state index contributed by atoms with van der Waals surface area (Å²) in [4.78, 5) is 0. The zero-order chi connectivity index (χ0) is 19.8. The summed E-state index contributed by atoms with van der Waals surface area (Å²) in [6, 6.07) is 14.9. The molecule has 0 radical (unpaired) electrons. The van der Waals surface area contributed by atoms with Crippen LogP contribution in [-0.2, 0) is 12.4 Å². The second-order valence-electron chi connectivity index (χ2n) is 6.18. The first-order valence-electron chi connectivity index (χ1n) is 8.01. The van der Waals surface area contributed by atoms with E-state index in [1.165, 1.54) is 24.3 Å². The summed E-state index contributed by atoms with van der Waals surface area (Å²) in [5, 5.41) is 0. The topological polar surface area (TPSA) is 0 Å². The van der Waals surface area contributed by atoms with Crippen molar-refractivity contribution in [2.75, 3.05) is 0 Å². The Morgan fingerprint density at radius 3 is 1.37 bits per heavy atom. The maximum absolute atomic E-state index is 12.7. The Kier molecular flexibility index (Phi) is 4.76. The standard InChI is InChI=1S/C21H14F6/c1-13-2-3-16(14-4-8-17(9-5-14)20(22,23)24)12-19(13)15-6-10-18(11-7-15)21(25,26)27/h2-12H,1H3. The first kappa shape index (κ1) is 19.0. The Hall–Kier alpha value is -2.76. The summed E-state index contributed by atoms with van der Waals surface area (Å²) in [7, 11) is 0. The molecule has 0 bridgehead atoms. The van der Waals surface area contributed by atoms with E-state index < -0.39 is 23.5 Å². The van der Waals surface area contributed by atoms with Crippen LogP contribution in [0.15, 0.2) is 66.7 Å². The van der Waals surface area contributed by atoms with E-state index >= 15 is 0 Å². The summed E-state index contributed by atoms with van der Waals surface area (Å²) in [6.07, 6.45) is -8.81. The molecule has 0 unspecified atom stereocenters. The molecule has 0 heterocycles. The van der Waals surface area contributed by atoms with Gasteiger partial charge in [-0.15, -0.1) is 0 Å². The van der Waals surface area contributed by atoms with E-state index in [1.54, 1.807) is 18.2 Å². The lowest BCUT2D eigenvalue weighted by Gasteiger charge is -2.12. The molecule has 0 amide bonds. The van der Waals surface area contributed by atoms with Gasteiger partial charge in [-0.3, -0.25) is 0 Å². The number of alkyl halides is 6. The van der Waals surface area contributed by atoms with Gasteiger partial charge < -0.3 is 0 Å². The van der Waals surface area contributed by atoms with Crippen LogP contribution in [0.3, 0.4) is 0 Å². The van der Waals surface area contributed by atoms with E-state index in [1.807, 2.05) is 6.92 Å². The molecular weight excluding hydrogens is 366 g/mol. The van der Waals surface area contributed by atoms with Crippen LogP contribution in [0.25, 0.3) is 22.3 Å². The molecule has 27 heavy (non-hydrogen) atoms. The summed E-state index contributed by atoms with van der Waals surface area (Å²) < 4.78 is 76.3. The summed E-state index contributed by atoms with van der Waals surface area (Å²) in [5.41, 5.74) is 1.99. The van der Waals surface area contributed by atoms with Gasteiger partial charge in [0.2, 0.25) is 0 Å². The molecule has 3 aromatic rings. The van der Waals surface area contributed by atoms with E-state index in [-0.39, 0.29) is 0 Å². The number of rotatable bonds is 2. The summed E-state index contributed by atoms with van der Waals surface area (Å²) in [5.74, 6) is 0. The first-order chi connectivity index (χ1) is 12.6. The molecule has 3 rings (SSSR count). The number of halogens is 6. The van der Waals surface area contributed by atoms with Gasteiger partial charge in [0, 0.05) is 0 Å². The zero-order valence-corrected chi connectivity index (χ0v) is 14.1. The molecule has 3 aromatic carbocycles. The van der Waals surface area contributed by atoms with Gasteiger partial charge in [0.15, 0.2) is 0 Å². The molecule has 140 valence electrons. The molecule has 0 atom stereocenters. The van der Waals surface area contributed by atoms with Crippen molar-refractivity contribution in [3.05, 3.63) is 83.4 Å². The molecule has 0 nitrogen and oxygen atoms in total. The predicted octanol–water partition coefficient (Wildman–Crippen LogP) is 7.37. The van der Waals surface area contributed by atoms with Crippen LogP contribution >= 0.6 is 0 Å². The van der Waals surface area contributed by atoms with Crippen molar-refractivity contribution in [2.45, 2.75) is 19.3 Å². The van der Waals surface area contributed by atoms with E-state index in [0.717, 1.165) is 35.4 Å². The van der Waals surface area contributed by atoms with Crippen LogP contribution < -0.4 is 0 Å². The van der Waals surface area contributed by atoms with Crippen LogP contribution in [0.5, 0.6) is 0 Å². The second kappa shape index (κ2) is 6.76. The van der Waals surface area contributed by atoms with E-state index in [0.29, 0.717) is 16.7 Å². The van der Waals surface area contributed by atoms with Crippen molar-refractivity contribution in [3.8, 4) is 22.3 Å². The van der Waals surface area contributed by atoms with Gasteiger partial charge in [0.1, 0.15) is 0 Å². The summed E-state index contributed by atoms with van der Waals surface area (Å²) >= 11 is 0. The van der Waals surface area contributed by atoms with Crippen molar-refractivity contribution in [1.82, 2.24) is 0 Å². The maximum Gasteiger partial charge on any atom is 0.416 e. The van der Waals surface area contributed by atoms with Crippen molar-refractivity contribution in [2.24, 2.45) is 0 Å². The maximum atomic E-state index is 12.7. The fraction of sp³-hybridized carbons (Fsp3) is 0.143. The van der Waals surface area contributed by atoms with Gasteiger partial charge in [-0.25, -0.2) is 0 Å². The SMILES string of the molecule is Cc1ccc(-c2ccc(C(F)(F)F)cc2)cc1-c1ccc(C(F)(F)F)cc1. The predicted molar refractivity (Wildman–Crippen MR) is 92.1 cm³/mol. The van der Waals surface area contributed by atoms with E-state index in [4.69, 9.17) is 0 Å². The average molecular weight is 380 g/mol.